The maximum atomic E-state index is 11.7. The summed E-state index contributed by atoms with van der Waals surface area (Å²) in [5, 5.41) is 8.49. The summed E-state index contributed by atoms with van der Waals surface area (Å²) in [5.74, 6) is -0.849. The van der Waals surface area contributed by atoms with Gasteiger partial charge >= 0.3 is 12.1 Å². The zero-order valence-electron chi connectivity index (χ0n) is 11.2. The Labute approximate surface area is 116 Å². The van der Waals surface area contributed by atoms with Crippen LogP contribution in [0.4, 0.5) is 4.79 Å². The highest BCUT2D eigenvalue weighted by Gasteiger charge is 2.17. The first-order valence-corrected chi connectivity index (χ1v) is 6.11. The van der Waals surface area contributed by atoms with Crippen LogP contribution >= 0.6 is 0 Å². The summed E-state index contributed by atoms with van der Waals surface area (Å²) >= 11 is 0. The molecular formula is C16H14O4. The summed E-state index contributed by atoms with van der Waals surface area (Å²) < 4.78 is 4.20. The molecule has 1 N–H and O–H groups in total. The molecule has 0 saturated heterocycles. The quantitative estimate of drug-likeness (QED) is 0.665. The Hall–Kier alpha value is -2.62. The van der Waals surface area contributed by atoms with E-state index in [0.29, 0.717) is 0 Å². The molecule has 2 aromatic carbocycles. The van der Waals surface area contributed by atoms with Gasteiger partial charge in [-0.15, -0.1) is 0 Å². The number of hydrogen-bond acceptors (Lipinski definition) is 3. The van der Waals surface area contributed by atoms with E-state index in [1.165, 1.54) is 0 Å². The Balaban J connectivity index is 2.45. The van der Waals surface area contributed by atoms with Crippen molar-refractivity contribution in [1.82, 2.24) is 0 Å². The first kappa shape index (κ1) is 13.8. The number of carboxylic acid groups (broad SMARTS) is 1. The smallest absolute Gasteiger partial charge is 0.449 e. The molecule has 0 aliphatic heterocycles. The van der Waals surface area contributed by atoms with Gasteiger partial charge in [0, 0.05) is 0 Å². The van der Waals surface area contributed by atoms with Crippen molar-refractivity contribution in [3.63, 3.8) is 0 Å². The number of benzene rings is 2. The third kappa shape index (κ3) is 2.69. The van der Waals surface area contributed by atoms with Crippen LogP contribution in [0.5, 0.6) is 0 Å². The molecule has 0 unspecified atom stereocenters. The average molecular weight is 270 g/mol. The monoisotopic (exact) mass is 270 g/mol. The zero-order valence-corrected chi connectivity index (χ0v) is 11.2. The molecule has 0 atom stereocenters. The molecule has 0 aliphatic rings. The Morgan fingerprint density at radius 2 is 1.60 bits per heavy atom. The van der Waals surface area contributed by atoms with Crippen LogP contribution in [0.3, 0.4) is 0 Å². The van der Waals surface area contributed by atoms with Gasteiger partial charge in [0.15, 0.2) is 0 Å². The minimum absolute atomic E-state index is 0.268. The highest BCUT2D eigenvalue weighted by Crippen LogP contribution is 2.27. The summed E-state index contributed by atoms with van der Waals surface area (Å²) in [6.45, 7) is 3.68. The van der Waals surface area contributed by atoms with Crippen molar-refractivity contribution >= 4 is 12.1 Å². The normalized spacial score (nSPS) is 10.1. The molecule has 0 spiro atoms. The van der Waals surface area contributed by atoms with Gasteiger partial charge in [-0.05, 0) is 42.2 Å². The van der Waals surface area contributed by atoms with Crippen LogP contribution < -0.4 is 0 Å². The lowest BCUT2D eigenvalue weighted by Gasteiger charge is -2.12. The van der Waals surface area contributed by atoms with Crippen molar-refractivity contribution in [1.29, 1.82) is 0 Å². The first-order chi connectivity index (χ1) is 9.50. The minimum Gasteiger partial charge on any atom is -0.449 e. The molecule has 0 radical (unpaired) electrons. The van der Waals surface area contributed by atoms with Gasteiger partial charge in [-0.25, -0.2) is 9.59 Å². The lowest BCUT2D eigenvalue weighted by Crippen LogP contribution is -2.12. The molecule has 0 aromatic heterocycles. The van der Waals surface area contributed by atoms with Gasteiger partial charge in [-0.2, -0.15) is 0 Å². The molecule has 0 amide bonds. The molecule has 4 heteroatoms. The van der Waals surface area contributed by atoms with Gasteiger partial charge in [0.1, 0.15) is 0 Å². The number of esters is 1. The van der Waals surface area contributed by atoms with Crippen LogP contribution in [0.15, 0.2) is 42.5 Å². The summed E-state index contributed by atoms with van der Waals surface area (Å²) in [5.41, 5.74) is 3.97. The predicted octanol–water partition coefficient (Wildman–Crippen LogP) is 3.81. The minimum atomic E-state index is -1.60. The second kappa shape index (κ2) is 5.57. The molecule has 0 aliphatic carbocycles. The third-order valence-electron chi connectivity index (χ3n) is 3.27. The molecule has 0 bridgehead atoms. The molecule has 0 heterocycles. The fourth-order valence-electron chi connectivity index (χ4n) is 2.11. The molecule has 102 valence electrons. The fraction of sp³-hybridized carbons (Fsp3) is 0.125. The maximum absolute atomic E-state index is 11.7. The van der Waals surface area contributed by atoms with Crippen LogP contribution in [-0.4, -0.2) is 17.2 Å². The van der Waals surface area contributed by atoms with Gasteiger partial charge in [0.2, 0.25) is 0 Å². The van der Waals surface area contributed by atoms with Crippen molar-refractivity contribution in [2.45, 2.75) is 13.8 Å². The third-order valence-corrected chi connectivity index (χ3v) is 3.27. The Morgan fingerprint density at radius 3 is 2.20 bits per heavy atom. The SMILES string of the molecule is Cc1c(C(=O)OC(=O)O)ccc(-c2ccccc2)c1C. The number of ether oxygens (including phenoxy) is 1. The molecule has 0 fully saturated rings. The van der Waals surface area contributed by atoms with Crippen LogP contribution in [-0.2, 0) is 4.74 Å². The van der Waals surface area contributed by atoms with Crippen LogP contribution in [0.1, 0.15) is 21.5 Å². The van der Waals surface area contributed by atoms with E-state index in [2.05, 4.69) is 4.74 Å². The Kier molecular flexibility index (Phi) is 3.84. The molecule has 2 rings (SSSR count). The number of carbonyl (C=O) groups excluding carboxylic acids is 1. The van der Waals surface area contributed by atoms with E-state index in [9.17, 15) is 9.59 Å². The second-order valence-electron chi connectivity index (χ2n) is 4.43. The van der Waals surface area contributed by atoms with E-state index in [-0.39, 0.29) is 5.56 Å². The van der Waals surface area contributed by atoms with E-state index in [1.54, 1.807) is 19.1 Å². The van der Waals surface area contributed by atoms with Gasteiger partial charge in [0.05, 0.1) is 5.56 Å². The van der Waals surface area contributed by atoms with Crippen LogP contribution in [0.2, 0.25) is 0 Å². The number of rotatable bonds is 2. The number of carbonyl (C=O) groups is 2. The van der Waals surface area contributed by atoms with Gasteiger partial charge in [0.25, 0.3) is 0 Å². The fourth-order valence-corrected chi connectivity index (χ4v) is 2.11. The lowest BCUT2D eigenvalue weighted by atomic mass is 9.94. The van der Waals surface area contributed by atoms with Crippen LogP contribution in [0.25, 0.3) is 11.1 Å². The predicted molar refractivity (Wildman–Crippen MR) is 74.8 cm³/mol. The number of hydrogen-bond donors (Lipinski definition) is 1. The average Bonchev–Trinajstić information content (AvgIpc) is 2.42. The van der Waals surface area contributed by atoms with Crippen molar-refractivity contribution in [2.24, 2.45) is 0 Å². The van der Waals surface area contributed by atoms with Gasteiger partial charge < -0.3 is 9.84 Å². The maximum Gasteiger partial charge on any atom is 0.513 e. The lowest BCUT2D eigenvalue weighted by molar-refractivity contribution is 0.0508. The standard InChI is InChI=1S/C16H14O4/c1-10-11(2)14(15(17)20-16(18)19)9-8-13(10)12-6-4-3-5-7-12/h3-9H,1-2H3,(H,18,19). The molecule has 20 heavy (non-hydrogen) atoms. The van der Waals surface area contributed by atoms with E-state index < -0.39 is 12.1 Å². The van der Waals surface area contributed by atoms with Crippen molar-refractivity contribution in [2.75, 3.05) is 0 Å². The largest absolute Gasteiger partial charge is 0.513 e. The van der Waals surface area contributed by atoms with Crippen molar-refractivity contribution < 1.29 is 19.4 Å². The molecule has 0 saturated carbocycles. The molecule has 2 aromatic rings. The van der Waals surface area contributed by atoms with Gasteiger partial charge in [-0.1, -0.05) is 36.4 Å². The zero-order chi connectivity index (χ0) is 14.7. The van der Waals surface area contributed by atoms with E-state index in [0.717, 1.165) is 22.3 Å². The second-order valence-corrected chi connectivity index (χ2v) is 4.43. The van der Waals surface area contributed by atoms with Gasteiger partial charge in [-0.3, -0.25) is 0 Å². The van der Waals surface area contributed by atoms with Crippen molar-refractivity contribution in [3.8, 4) is 11.1 Å². The first-order valence-electron chi connectivity index (χ1n) is 6.11. The molecular weight excluding hydrogens is 256 g/mol. The summed E-state index contributed by atoms with van der Waals surface area (Å²) in [4.78, 5) is 22.1. The summed E-state index contributed by atoms with van der Waals surface area (Å²) in [6, 6.07) is 13.2. The topological polar surface area (TPSA) is 63.6 Å². The van der Waals surface area contributed by atoms with Crippen LogP contribution in [0, 0.1) is 13.8 Å². The highest BCUT2D eigenvalue weighted by molar-refractivity contribution is 5.97. The Bertz CT molecular complexity index is 660. The highest BCUT2D eigenvalue weighted by atomic mass is 16.7. The summed E-state index contributed by atoms with van der Waals surface area (Å²) in [7, 11) is 0. The Morgan fingerprint density at radius 1 is 0.950 bits per heavy atom. The van der Waals surface area contributed by atoms with Crippen molar-refractivity contribution in [3.05, 3.63) is 59.2 Å². The van der Waals surface area contributed by atoms with E-state index in [4.69, 9.17) is 5.11 Å². The summed E-state index contributed by atoms with van der Waals surface area (Å²) in [6.07, 6.45) is -1.60. The molecule has 4 nitrogen and oxygen atoms in total. The van der Waals surface area contributed by atoms with E-state index in [1.807, 2.05) is 37.3 Å². The van der Waals surface area contributed by atoms with E-state index >= 15 is 0 Å².